The molecule has 1 aromatic carbocycles. The maximum Gasteiger partial charge on any atom is 0.251 e. The molecule has 0 radical (unpaired) electrons. The van der Waals surface area contributed by atoms with E-state index in [2.05, 4.69) is 38.0 Å². The number of nitrogens with one attached hydrogen (secondary N) is 1. The number of nitrogens with zero attached hydrogens (tertiary/aromatic N) is 2. The number of hydrogen-bond acceptors (Lipinski definition) is 3. The van der Waals surface area contributed by atoms with Crippen molar-refractivity contribution in [2.75, 3.05) is 39.8 Å². The van der Waals surface area contributed by atoms with Gasteiger partial charge in [-0.15, -0.1) is 0 Å². The summed E-state index contributed by atoms with van der Waals surface area (Å²) in [5, 5.41) is 2.80. The minimum Gasteiger partial charge on any atom is -0.343 e. The number of hydrogen-bond donors (Lipinski definition) is 1. The Kier molecular flexibility index (Phi) is 6.43. The highest BCUT2D eigenvalue weighted by atomic mass is 16.2. The summed E-state index contributed by atoms with van der Waals surface area (Å²) < 4.78 is 0. The van der Waals surface area contributed by atoms with Crippen LogP contribution in [0.4, 0.5) is 0 Å². The van der Waals surface area contributed by atoms with Crippen molar-refractivity contribution in [3.8, 4) is 0 Å². The van der Waals surface area contributed by atoms with Gasteiger partial charge in [-0.2, -0.15) is 0 Å². The summed E-state index contributed by atoms with van der Waals surface area (Å²) in [4.78, 5) is 29.3. The number of rotatable bonds is 4. The van der Waals surface area contributed by atoms with E-state index in [1.165, 1.54) is 31.5 Å². The Bertz CT molecular complexity index is 685. The summed E-state index contributed by atoms with van der Waals surface area (Å²) in [7, 11) is 2.18. The van der Waals surface area contributed by atoms with Gasteiger partial charge in [0, 0.05) is 18.7 Å². The van der Waals surface area contributed by atoms with Crippen molar-refractivity contribution < 1.29 is 9.59 Å². The molecule has 0 spiro atoms. The molecule has 2 aliphatic rings. The maximum absolute atomic E-state index is 12.6. The highest BCUT2D eigenvalue weighted by Crippen LogP contribution is 2.31. The van der Waals surface area contributed by atoms with E-state index in [0.29, 0.717) is 11.5 Å². The Hall–Kier alpha value is -1.88. The molecular weight excluding hydrogens is 350 g/mol. The SMILES string of the molecule is CN1CCC(C2CCN(C(=O)CNC(=O)c3ccc(C(C)(C)C)cc3)C2)CC1. The molecule has 0 saturated carbocycles. The molecule has 28 heavy (non-hydrogen) atoms. The van der Waals surface area contributed by atoms with Gasteiger partial charge in [0.25, 0.3) is 5.91 Å². The average molecular weight is 386 g/mol. The predicted octanol–water partition coefficient (Wildman–Crippen LogP) is 2.90. The van der Waals surface area contributed by atoms with Gasteiger partial charge < -0.3 is 15.1 Å². The third-order valence-corrected chi connectivity index (χ3v) is 6.42. The third kappa shape index (κ3) is 5.13. The fraction of sp³-hybridized carbons (Fsp3) is 0.652. The van der Waals surface area contributed by atoms with Crippen LogP contribution in [0.25, 0.3) is 0 Å². The number of likely N-dealkylation sites (tertiary alicyclic amines) is 2. The molecule has 5 heteroatoms. The van der Waals surface area contributed by atoms with Crippen molar-refractivity contribution in [2.45, 2.75) is 45.4 Å². The molecule has 2 aliphatic heterocycles. The molecule has 1 aromatic rings. The molecule has 2 amide bonds. The maximum atomic E-state index is 12.6. The fourth-order valence-electron chi connectivity index (χ4n) is 4.39. The van der Waals surface area contributed by atoms with Gasteiger partial charge in [-0.05, 0) is 74.3 Å². The van der Waals surface area contributed by atoms with Gasteiger partial charge in [-0.25, -0.2) is 0 Å². The van der Waals surface area contributed by atoms with E-state index in [4.69, 9.17) is 0 Å². The lowest BCUT2D eigenvalue weighted by atomic mass is 9.84. The largest absolute Gasteiger partial charge is 0.343 e. The van der Waals surface area contributed by atoms with Gasteiger partial charge in [-0.1, -0.05) is 32.9 Å². The van der Waals surface area contributed by atoms with E-state index in [-0.39, 0.29) is 23.8 Å². The Morgan fingerprint density at radius 1 is 1.00 bits per heavy atom. The number of amides is 2. The van der Waals surface area contributed by atoms with E-state index < -0.39 is 0 Å². The topological polar surface area (TPSA) is 52.6 Å². The van der Waals surface area contributed by atoms with Crippen molar-refractivity contribution in [3.63, 3.8) is 0 Å². The van der Waals surface area contributed by atoms with Crippen LogP contribution in [0.5, 0.6) is 0 Å². The zero-order chi connectivity index (χ0) is 20.3. The first kappa shape index (κ1) is 20.8. The summed E-state index contributed by atoms with van der Waals surface area (Å²) in [6.45, 7) is 10.5. The van der Waals surface area contributed by atoms with Crippen LogP contribution in [0.1, 0.15) is 56.0 Å². The van der Waals surface area contributed by atoms with Crippen LogP contribution in [0.15, 0.2) is 24.3 Å². The van der Waals surface area contributed by atoms with Crippen LogP contribution in [0.2, 0.25) is 0 Å². The molecule has 154 valence electrons. The average Bonchev–Trinajstić information content (AvgIpc) is 3.16. The molecule has 1 atom stereocenters. The lowest BCUT2D eigenvalue weighted by Crippen LogP contribution is -2.40. The molecule has 2 saturated heterocycles. The quantitative estimate of drug-likeness (QED) is 0.867. The highest BCUT2D eigenvalue weighted by molar-refractivity contribution is 5.96. The molecule has 1 N–H and O–H groups in total. The first-order chi connectivity index (χ1) is 13.2. The van der Waals surface area contributed by atoms with Crippen molar-refractivity contribution in [3.05, 3.63) is 35.4 Å². The van der Waals surface area contributed by atoms with Crippen LogP contribution in [0.3, 0.4) is 0 Å². The van der Waals surface area contributed by atoms with Crippen molar-refractivity contribution in [2.24, 2.45) is 11.8 Å². The summed E-state index contributed by atoms with van der Waals surface area (Å²) in [5.74, 6) is 1.22. The lowest BCUT2D eigenvalue weighted by molar-refractivity contribution is -0.129. The van der Waals surface area contributed by atoms with E-state index >= 15 is 0 Å². The Morgan fingerprint density at radius 2 is 1.61 bits per heavy atom. The molecule has 2 heterocycles. The van der Waals surface area contributed by atoms with E-state index in [9.17, 15) is 9.59 Å². The van der Waals surface area contributed by atoms with Gasteiger partial charge in [0.2, 0.25) is 5.91 Å². The molecule has 0 aliphatic carbocycles. The van der Waals surface area contributed by atoms with Crippen LogP contribution in [-0.4, -0.2) is 61.4 Å². The van der Waals surface area contributed by atoms with Crippen LogP contribution in [0, 0.1) is 11.8 Å². The minimum absolute atomic E-state index is 0.0371. The number of benzene rings is 1. The number of piperidine rings is 1. The molecule has 0 bridgehead atoms. The molecule has 0 aromatic heterocycles. The Balaban J connectivity index is 1.46. The second-order valence-corrected chi connectivity index (χ2v) is 9.54. The standard InChI is InChI=1S/C23H35N3O2/c1-23(2,3)20-7-5-18(6-8-20)22(28)24-15-21(27)26-14-11-19(16-26)17-9-12-25(4)13-10-17/h5-8,17,19H,9-16H2,1-4H3,(H,24,28). The first-order valence-electron chi connectivity index (χ1n) is 10.6. The molecular formula is C23H35N3O2. The van der Waals surface area contributed by atoms with Gasteiger partial charge in [0.05, 0.1) is 6.54 Å². The highest BCUT2D eigenvalue weighted by Gasteiger charge is 2.33. The zero-order valence-electron chi connectivity index (χ0n) is 17.8. The second-order valence-electron chi connectivity index (χ2n) is 9.54. The van der Waals surface area contributed by atoms with E-state index in [0.717, 1.165) is 25.4 Å². The van der Waals surface area contributed by atoms with Gasteiger partial charge in [-0.3, -0.25) is 9.59 Å². The number of carbonyl (C=O) groups is 2. The van der Waals surface area contributed by atoms with Gasteiger partial charge in [0.15, 0.2) is 0 Å². The van der Waals surface area contributed by atoms with Crippen molar-refractivity contribution in [1.29, 1.82) is 0 Å². The second kappa shape index (κ2) is 8.64. The molecule has 5 nitrogen and oxygen atoms in total. The molecule has 3 rings (SSSR count). The van der Waals surface area contributed by atoms with Crippen molar-refractivity contribution in [1.82, 2.24) is 15.1 Å². The summed E-state index contributed by atoms with van der Waals surface area (Å²) in [5.41, 5.74) is 1.86. The van der Waals surface area contributed by atoms with Crippen LogP contribution in [-0.2, 0) is 10.2 Å². The smallest absolute Gasteiger partial charge is 0.251 e. The first-order valence-corrected chi connectivity index (χ1v) is 10.6. The Labute approximate surface area is 169 Å². The fourth-order valence-corrected chi connectivity index (χ4v) is 4.39. The van der Waals surface area contributed by atoms with Crippen molar-refractivity contribution >= 4 is 11.8 Å². The Morgan fingerprint density at radius 3 is 2.21 bits per heavy atom. The normalized spacial score (nSPS) is 21.7. The minimum atomic E-state index is -0.181. The van der Waals surface area contributed by atoms with E-state index in [1.54, 1.807) is 0 Å². The van der Waals surface area contributed by atoms with Crippen LogP contribution < -0.4 is 5.32 Å². The summed E-state index contributed by atoms with van der Waals surface area (Å²) in [6.07, 6.45) is 3.58. The van der Waals surface area contributed by atoms with Crippen LogP contribution >= 0.6 is 0 Å². The third-order valence-electron chi connectivity index (χ3n) is 6.42. The summed E-state index contributed by atoms with van der Waals surface area (Å²) >= 11 is 0. The predicted molar refractivity (Wildman–Crippen MR) is 112 cm³/mol. The number of carbonyl (C=O) groups excluding carboxylic acids is 2. The molecule has 2 fully saturated rings. The zero-order valence-corrected chi connectivity index (χ0v) is 17.8. The monoisotopic (exact) mass is 385 g/mol. The van der Waals surface area contributed by atoms with Gasteiger partial charge >= 0.3 is 0 Å². The summed E-state index contributed by atoms with van der Waals surface area (Å²) in [6, 6.07) is 7.66. The van der Waals surface area contributed by atoms with E-state index in [1.807, 2.05) is 29.2 Å². The molecule has 1 unspecified atom stereocenters. The van der Waals surface area contributed by atoms with Gasteiger partial charge in [0.1, 0.15) is 0 Å². The lowest BCUT2D eigenvalue weighted by Gasteiger charge is -2.32.